The molecule has 1 saturated heterocycles. The molecule has 0 bridgehead atoms. The molecule has 0 amide bonds. The van der Waals surface area contributed by atoms with Crippen molar-refractivity contribution >= 4 is 11.5 Å². The molecular formula is C8H11N3O. The summed E-state index contributed by atoms with van der Waals surface area (Å²) >= 11 is 0. The van der Waals surface area contributed by atoms with Crippen molar-refractivity contribution in [2.24, 2.45) is 0 Å². The fraction of sp³-hybridized carbons (Fsp3) is 0.375. The standard InChI is InChI=1S/C8H11N3O/c9-7-3-1-4-10-8(7)11-5-2-6-12-11/h1,3-4H,2,5-6,9H2. The Kier molecular flexibility index (Phi) is 1.83. The van der Waals surface area contributed by atoms with Gasteiger partial charge in [-0.3, -0.25) is 4.84 Å². The van der Waals surface area contributed by atoms with Crippen molar-refractivity contribution in [1.82, 2.24) is 4.98 Å². The highest BCUT2D eigenvalue weighted by Crippen LogP contribution is 2.22. The van der Waals surface area contributed by atoms with E-state index in [1.807, 2.05) is 12.1 Å². The molecule has 0 aliphatic carbocycles. The first-order chi connectivity index (χ1) is 5.88. The van der Waals surface area contributed by atoms with Gasteiger partial charge in [0.2, 0.25) is 0 Å². The number of nitrogens with two attached hydrogens (primary N) is 1. The van der Waals surface area contributed by atoms with Gasteiger partial charge in [-0.2, -0.15) is 0 Å². The lowest BCUT2D eigenvalue weighted by Gasteiger charge is -2.15. The number of hydrogen-bond acceptors (Lipinski definition) is 4. The van der Waals surface area contributed by atoms with Crippen LogP contribution in [0.25, 0.3) is 0 Å². The largest absolute Gasteiger partial charge is 0.396 e. The van der Waals surface area contributed by atoms with Gasteiger partial charge >= 0.3 is 0 Å². The number of hydroxylamine groups is 1. The topological polar surface area (TPSA) is 51.4 Å². The first kappa shape index (κ1) is 7.36. The van der Waals surface area contributed by atoms with Gasteiger partial charge in [0.15, 0.2) is 5.82 Å². The van der Waals surface area contributed by atoms with Gasteiger partial charge in [0.25, 0.3) is 0 Å². The molecule has 0 saturated carbocycles. The van der Waals surface area contributed by atoms with E-state index >= 15 is 0 Å². The van der Waals surface area contributed by atoms with Gasteiger partial charge in [0, 0.05) is 12.7 Å². The molecule has 0 unspecified atom stereocenters. The van der Waals surface area contributed by atoms with Crippen LogP contribution in [0.4, 0.5) is 11.5 Å². The Hall–Kier alpha value is -1.29. The number of hydrogen-bond donors (Lipinski definition) is 1. The zero-order chi connectivity index (χ0) is 8.39. The van der Waals surface area contributed by atoms with E-state index in [1.165, 1.54) is 0 Å². The van der Waals surface area contributed by atoms with Crippen LogP contribution in [0, 0.1) is 0 Å². The van der Waals surface area contributed by atoms with Crippen LogP contribution in [-0.2, 0) is 4.84 Å². The molecule has 2 N–H and O–H groups in total. The zero-order valence-electron chi connectivity index (χ0n) is 6.73. The van der Waals surface area contributed by atoms with Crippen molar-refractivity contribution in [3.8, 4) is 0 Å². The highest BCUT2D eigenvalue weighted by molar-refractivity contribution is 5.60. The van der Waals surface area contributed by atoms with E-state index in [-0.39, 0.29) is 0 Å². The molecule has 2 heterocycles. The van der Waals surface area contributed by atoms with Gasteiger partial charge in [0.1, 0.15) is 0 Å². The van der Waals surface area contributed by atoms with E-state index in [4.69, 9.17) is 10.6 Å². The van der Waals surface area contributed by atoms with Gasteiger partial charge in [-0.25, -0.2) is 10.0 Å². The molecule has 2 rings (SSSR count). The second-order valence-electron chi connectivity index (χ2n) is 2.71. The number of nitrogen functional groups attached to an aromatic ring is 1. The summed E-state index contributed by atoms with van der Waals surface area (Å²) in [5.41, 5.74) is 6.38. The summed E-state index contributed by atoms with van der Waals surface area (Å²) in [5.74, 6) is 0.731. The number of aromatic nitrogens is 1. The Bertz CT molecular complexity index is 271. The molecule has 4 nitrogen and oxygen atoms in total. The van der Waals surface area contributed by atoms with E-state index in [1.54, 1.807) is 11.3 Å². The Morgan fingerprint density at radius 2 is 2.50 bits per heavy atom. The molecule has 64 valence electrons. The van der Waals surface area contributed by atoms with Crippen LogP contribution in [-0.4, -0.2) is 18.1 Å². The minimum atomic E-state index is 0.666. The molecule has 1 aromatic heterocycles. The van der Waals surface area contributed by atoms with Crippen LogP contribution in [0.15, 0.2) is 18.3 Å². The molecule has 0 atom stereocenters. The Balaban J connectivity index is 2.26. The van der Waals surface area contributed by atoms with Crippen molar-refractivity contribution in [2.75, 3.05) is 23.9 Å². The third-order valence-corrected chi connectivity index (χ3v) is 1.81. The fourth-order valence-electron chi connectivity index (χ4n) is 1.23. The lowest BCUT2D eigenvalue weighted by atomic mass is 10.4. The van der Waals surface area contributed by atoms with Gasteiger partial charge in [-0.1, -0.05) is 0 Å². The van der Waals surface area contributed by atoms with Crippen LogP contribution in [0.2, 0.25) is 0 Å². The van der Waals surface area contributed by atoms with Crippen LogP contribution < -0.4 is 10.8 Å². The van der Waals surface area contributed by atoms with Crippen molar-refractivity contribution in [3.05, 3.63) is 18.3 Å². The summed E-state index contributed by atoms with van der Waals surface area (Å²) in [6.45, 7) is 1.64. The van der Waals surface area contributed by atoms with Gasteiger partial charge in [-0.05, 0) is 18.6 Å². The van der Waals surface area contributed by atoms with Crippen molar-refractivity contribution < 1.29 is 4.84 Å². The van der Waals surface area contributed by atoms with E-state index in [0.29, 0.717) is 5.69 Å². The SMILES string of the molecule is Nc1cccnc1N1CCCO1. The normalized spacial score (nSPS) is 16.8. The average molecular weight is 165 g/mol. The van der Waals surface area contributed by atoms with E-state index in [9.17, 15) is 0 Å². The molecule has 0 aromatic carbocycles. The van der Waals surface area contributed by atoms with Gasteiger partial charge in [0.05, 0.1) is 12.3 Å². The highest BCUT2D eigenvalue weighted by atomic mass is 16.7. The number of nitrogens with zero attached hydrogens (tertiary/aromatic N) is 2. The molecule has 1 aromatic rings. The minimum absolute atomic E-state index is 0.666. The van der Waals surface area contributed by atoms with E-state index in [0.717, 1.165) is 25.4 Å². The van der Waals surface area contributed by atoms with Crippen molar-refractivity contribution in [1.29, 1.82) is 0 Å². The Morgan fingerprint density at radius 1 is 1.58 bits per heavy atom. The third kappa shape index (κ3) is 1.21. The number of pyridine rings is 1. The highest BCUT2D eigenvalue weighted by Gasteiger charge is 2.16. The molecular weight excluding hydrogens is 154 g/mol. The van der Waals surface area contributed by atoms with Gasteiger partial charge in [-0.15, -0.1) is 0 Å². The van der Waals surface area contributed by atoms with Gasteiger partial charge < -0.3 is 5.73 Å². The monoisotopic (exact) mass is 165 g/mol. The Morgan fingerprint density at radius 3 is 3.17 bits per heavy atom. The smallest absolute Gasteiger partial charge is 0.175 e. The lowest BCUT2D eigenvalue weighted by Crippen LogP contribution is -2.18. The lowest BCUT2D eigenvalue weighted by molar-refractivity contribution is 0.166. The average Bonchev–Trinajstić information content (AvgIpc) is 2.57. The summed E-state index contributed by atoms with van der Waals surface area (Å²) in [6, 6.07) is 3.64. The maximum absolute atomic E-state index is 5.72. The number of anilines is 2. The first-order valence-corrected chi connectivity index (χ1v) is 3.99. The molecule has 1 aliphatic heterocycles. The predicted molar refractivity (Wildman–Crippen MR) is 46.6 cm³/mol. The predicted octanol–water partition coefficient (Wildman–Crippen LogP) is 0.805. The minimum Gasteiger partial charge on any atom is -0.396 e. The quantitative estimate of drug-likeness (QED) is 0.669. The molecule has 0 spiro atoms. The summed E-state index contributed by atoms with van der Waals surface area (Å²) in [6.07, 6.45) is 2.75. The number of rotatable bonds is 1. The second-order valence-corrected chi connectivity index (χ2v) is 2.71. The van der Waals surface area contributed by atoms with Crippen LogP contribution in [0.5, 0.6) is 0 Å². The van der Waals surface area contributed by atoms with Crippen molar-refractivity contribution in [2.45, 2.75) is 6.42 Å². The summed E-state index contributed by atoms with van der Waals surface area (Å²) in [7, 11) is 0. The zero-order valence-corrected chi connectivity index (χ0v) is 6.73. The van der Waals surface area contributed by atoms with Crippen LogP contribution in [0.1, 0.15) is 6.42 Å². The Labute approximate surface area is 70.9 Å². The van der Waals surface area contributed by atoms with Crippen molar-refractivity contribution in [3.63, 3.8) is 0 Å². The summed E-state index contributed by atoms with van der Waals surface area (Å²) in [4.78, 5) is 9.45. The molecule has 12 heavy (non-hydrogen) atoms. The maximum atomic E-state index is 5.72. The van der Waals surface area contributed by atoms with E-state index in [2.05, 4.69) is 4.98 Å². The molecule has 4 heteroatoms. The molecule has 1 aliphatic rings. The second kappa shape index (κ2) is 2.98. The third-order valence-electron chi connectivity index (χ3n) is 1.81. The van der Waals surface area contributed by atoms with Crippen LogP contribution >= 0.6 is 0 Å². The van der Waals surface area contributed by atoms with E-state index < -0.39 is 0 Å². The maximum Gasteiger partial charge on any atom is 0.175 e. The van der Waals surface area contributed by atoms with Crippen LogP contribution in [0.3, 0.4) is 0 Å². The first-order valence-electron chi connectivity index (χ1n) is 3.99. The summed E-state index contributed by atoms with van der Waals surface area (Å²) < 4.78 is 0. The summed E-state index contributed by atoms with van der Waals surface area (Å²) in [5, 5.41) is 1.75. The molecule has 0 radical (unpaired) electrons. The molecule has 1 fully saturated rings. The fourth-order valence-corrected chi connectivity index (χ4v) is 1.23.